The number of hydrogen-bond donors (Lipinski definition) is 1. The molecule has 19 heavy (non-hydrogen) atoms. The lowest BCUT2D eigenvalue weighted by molar-refractivity contribution is 0.0690. The molecule has 0 atom stereocenters. The largest absolute Gasteiger partial charge is 0.478 e. The first-order valence-electron chi connectivity index (χ1n) is 5.30. The van der Waals surface area contributed by atoms with Crippen LogP contribution in [0.1, 0.15) is 26.6 Å². The zero-order valence-corrected chi connectivity index (χ0v) is 10.7. The number of aromatic carboxylic acids is 1. The second-order valence-electron chi connectivity index (χ2n) is 3.76. The zero-order chi connectivity index (χ0) is 14.0. The second kappa shape index (κ2) is 5.27. The lowest BCUT2D eigenvalue weighted by atomic mass is 10.1. The number of carboxylic acids is 1. The average molecular weight is 281 g/mol. The summed E-state index contributed by atoms with van der Waals surface area (Å²) in [5.74, 6) is -4.03. The van der Waals surface area contributed by atoms with Crippen molar-refractivity contribution in [1.29, 1.82) is 0 Å². The van der Waals surface area contributed by atoms with Crippen LogP contribution in [0.2, 0.25) is 0 Å². The van der Waals surface area contributed by atoms with Gasteiger partial charge in [-0.25, -0.2) is 18.6 Å². The Balaban J connectivity index is 2.34. The Hall–Kier alpha value is -2.08. The van der Waals surface area contributed by atoms with E-state index in [1.165, 1.54) is 23.5 Å². The van der Waals surface area contributed by atoms with Gasteiger partial charge in [-0.05, 0) is 25.1 Å². The van der Waals surface area contributed by atoms with Crippen LogP contribution >= 0.6 is 11.3 Å². The molecule has 6 heteroatoms. The first-order chi connectivity index (χ1) is 8.99. The van der Waals surface area contributed by atoms with E-state index >= 15 is 0 Å². The minimum Gasteiger partial charge on any atom is -0.478 e. The van der Waals surface area contributed by atoms with Crippen molar-refractivity contribution in [2.24, 2.45) is 0 Å². The number of benzene rings is 1. The van der Waals surface area contributed by atoms with Gasteiger partial charge in [0.1, 0.15) is 0 Å². The predicted octanol–water partition coefficient (Wildman–Crippen LogP) is 3.60. The van der Waals surface area contributed by atoms with Gasteiger partial charge in [-0.2, -0.15) is 0 Å². The van der Waals surface area contributed by atoms with Crippen molar-refractivity contribution in [1.82, 2.24) is 4.98 Å². The molecule has 1 heterocycles. The van der Waals surface area contributed by atoms with E-state index in [1.54, 1.807) is 11.5 Å². The standard InChI is InChI=1S/C13H9F2NO2S/c1-7-16-9(6-19-7)4-2-8-3-5-10(13(17)18)12(15)11(8)14/h2-6H,1H3,(H,17,18)/b4-2+. The van der Waals surface area contributed by atoms with Gasteiger partial charge >= 0.3 is 5.97 Å². The van der Waals surface area contributed by atoms with Crippen LogP contribution in [0.3, 0.4) is 0 Å². The average Bonchev–Trinajstić information content (AvgIpc) is 2.76. The van der Waals surface area contributed by atoms with Crippen LogP contribution in [0.25, 0.3) is 12.2 Å². The van der Waals surface area contributed by atoms with Crippen molar-refractivity contribution >= 4 is 29.5 Å². The van der Waals surface area contributed by atoms with Crippen LogP contribution in [0, 0.1) is 18.6 Å². The molecule has 0 aliphatic carbocycles. The molecule has 2 rings (SSSR count). The van der Waals surface area contributed by atoms with Gasteiger partial charge in [0.05, 0.1) is 16.3 Å². The summed E-state index contributed by atoms with van der Waals surface area (Å²) in [5, 5.41) is 11.3. The fourth-order valence-electron chi connectivity index (χ4n) is 1.49. The molecule has 0 aliphatic heterocycles. The van der Waals surface area contributed by atoms with Gasteiger partial charge in [-0.15, -0.1) is 11.3 Å². The number of hydrogen-bond acceptors (Lipinski definition) is 3. The lowest BCUT2D eigenvalue weighted by Crippen LogP contribution is -2.03. The summed E-state index contributed by atoms with van der Waals surface area (Å²) in [6.45, 7) is 1.84. The van der Waals surface area contributed by atoms with Crippen LogP contribution in [-0.2, 0) is 0 Å². The molecule has 0 unspecified atom stereocenters. The van der Waals surface area contributed by atoms with E-state index in [0.717, 1.165) is 11.1 Å². The third kappa shape index (κ3) is 2.85. The smallest absolute Gasteiger partial charge is 0.338 e. The van der Waals surface area contributed by atoms with Crippen molar-refractivity contribution < 1.29 is 18.7 Å². The van der Waals surface area contributed by atoms with Gasteiger partial charge in [-0.1, -0.05) is 6.07 Å². The van der Waals surface area contributed by atoms with Crippen molar-refractivity contribution in [3.05, 3.63) is 51.0 Å². The van der Waals surface area contributed by atoms with Crippen LogP contribution in [0.5, 0.6) is 0 Å². The molecule has 0 saturated carbocycles. The molecule has 2 aromatic rings. The molecular formula is C13H9F2NO2S. The Bertz CT molecular complexity index is 665. The highest BCUT2D eigenvalue weighted by atomic mass is 32.1. The predicted molar refractivity (Wildman–Crippen MR) is 69.1 cm³/mol. The molecule has 1 N–H and O–H groups in total. The molecule has 0 bridgehead atoms. The third-order valence-electron chi connectivity index (χ3n) is 2.41. The maximum atomic E-state index is 13.6. The first-order valence-corrected chi connectivity index (χ1v) is 6.18. The molecule has 0 saturated heterocycles. The number of thiazole rings is 1. The van der Waals surface area contributed by atoms with Crippen LogP contribution in [0.15, 0.2) is 17.5 Å². The van der Waals surface area contributed by atoms with Crippen LogP contribution < -0.4 is 0 Å². The SMILES string of the molecule is Cc1nc(/C=C/c2ccc(C(=O)O)c(F)c2F)cs1. The number of nitrogens with zero attached hydrogens (tertiary/aromatic N) is 1. The topological polar surface area (TPSA) is 50.2 Å². The lowest BCUT2D eigenvalue weighted by Gasteiger charge is -2.01. The first kappa shape index (κ1) is 13.4. The Morgan fingerprint density at radius 3 is 2.63 bits per heavy atom. The summed E-state index contributed by atoms with van der Waals surface area (Å²) in [6.07, 6.45) is 2.90. The zero-order valence-electron chi connectivity index (χ0n) is 9.85. The van der Waals surface area contributed by atoms with E-state index in [9.17, 15) is 13.6 Å². The van der Waals surface area contributed by atoms with E-state index in [2.05, 4.69) is 4.98 Å². The van der Waals surface area contributed by atoms with Gasteiger partial charge in [0.15, 0.2) is 11.6 Å². The molecule has 0 aliphatic rings. The van der Waals surface area contributed by atoms with Crippen molar-refractivity contribution in [2.45, 2.75) is 6.92 Å². The maximum Gasteiger partial charge on any atom is 0.338 e. The summed E-state index contributed by atoms with van der Waals surface area (Å²) in [4.78, 5) is 14.8. The third-order valence-corrected chi connectivity index (χ3v) is 3.20. The van der Waals surface area contributed by atoms with E-state index in [4.69, 9.17) is 5.11 Å². The molecule has 0 radical (unpaired) electrons. The van der Waals surface area contributed by atoms with Crippen LogP contribution in [-0.4, -0.2) is 16.1 Å². The van der Waals surface area contributed by atoms with Gasteiger partial charge in [-0.3, -0.25) is 0 Å². The Labute approximate surface area is 111 Å². The van der Waals surface area contributed by atoms with Crippen molar-refractivity contribution in [2.75, 3.05) is 0 Å². The van der Waals surface area contributed by atoms with Gasteiger partial charge in [0, 0.05) is 10.9 Å². The number of halogens is 2. The Morgan fingerprint density at radius 2 is 2.05 bits per heavy atom. The highest BCUT2D eigenvalue weighted by Gasteiger charge is 2.16. The number of carboxylic acid groups (broad SMARTS) is 1. The number of carbonyl (C=O) groups is 1. The summed E-state index contributed by atoms with van der Waals surface area (Å²) in [5.41, 5.74) is -0.0584. The molecule has 0 spiro atoms. The summed E-state index contributed by atoms with van der Waals surface area (Å²) in [6, 6.07) is 2.25. The molecular weight excluding hydrogens is 272 g/mol. The Kier molecular flexibility index (Phi) is 3.71. The fourth-order valence-corrected chi connectivity index (χ4v) is 2.07. The summed E-state index contributed by atoms with van der Waals surface area (Å²) < 4.78 is 27.1. The monoisotopic (exact) mass is 281 g/mol. The van der Waals surface area contributed by atoms with Crippen molar-refractivity contribution in [3.8, 4) is 0 Å². The highest BCUT2D eigenvalue weighted by Crippen LogP contribution is 2.19. The van der Waals surface area contributed by atoms with Crippen molar-refractivity contribution in [3.63, 3.8) is 0 Å². The fraction of sp³-hybridized carbons (Fsp3) is 0.0769. The van der Waals surface area contributed by atoms with E-state index in [1.807, 2.05) is 6.92 Å². The summed E-state index contributed by atoms with van der Waals surface area (Å²) in [7, 11) is 0. The van der Waals surface area contributed by atoms with Gasteiger partial charge < -0.3 is 5.11 Å². The van der Waals surface area contributed by atoms with Gasteiger partial charge in [0.2, 0.25) is 0 Å². The number of aryl methyl sites for hydroxylation is 1. The number of aromatic nitrogens is 1. The molecule has 98 valence electrons. The summed E-state index contributed by atoms with van der Waals surface area (Å²) >= 11 is 1.45. The van der Waals surface area contributed by atoms with Gasteiger partial charge in [0.25, 0.3) is 0 Å². The quantitative estimate of drug-likeness (QED) is 0.935. The molecule has 0 amide bonds. The van der Waals surface area contributed by atoms with E-state index in [0.29, 0.717) is 5.69 Å². The molecule has 1 aromatic carbocycles. The van der Waals surface area contributed by atoms with Crippen LogP contribution in [0.4, 0.5) is 8.78 Å². The number of rotatable bonds is 3. The molecule has 1 aromatic heterocycles. The minimum absolute atomic E-state index is 0.0202. The molecule has 0 fully saturated rings. The molecule has 3 nitrogen and oxygen atoms in total. The second-order valence-corrected chi connectivity index (χ2v) is 4.82. The highest BCUT2D eigenvalue weighted by molar-refractivity contribution is 7.09. The van der Waals surface area contributed by atoms with E-state index in [-0.39, 0.29) is 5.56 Å². The maximum absolute atomic E-state index is 13.6. The van der Waals surface area contributed by atoms with E-state index < -0.39 is 23.2 Å². The normalized spacial score (nSPS) is 11.1. The minimum atomic E-state index is -1.50. The Morgan fingerprint density at radius 1 is 1.32 bits per heavy atom.